The minimum Gasteiger partial charge on any atom is -0.361 e. The van der Waals surface area contributed by atoms with Crippen LogP contribution in [0, 0.1) is 0 Å². The highest BCUT2D eigenvalue weighted by Crippen LogP contribution is 2.43. The van der Waals surface area contributed by atoms with Gasteiger partial charge in [0.2, 0.25) is 0 Å². The van der Waals surface area contributed by atoms with Crippen molar-refractivity contribution in [1.29, 1.82) is 0 Å². The summed E-state index contributed by atoms with van der Waals surface area (Å²) >= 11 is 3.78. The number of para-hydroxylation sites is 1. The summed E-state index contributed by atoms with van der Waals surface area (Å²) in [5.41, 5.74) is 6.34. The van der Waals surface area contributed by atoms with Gasteiger partial charge in [0.05, 0.1) is 11.2 Å². The Labute approximate surface area is 205 Å². The van der Waals surface area contributed by atoms with E-state index in [2.05, 4.69) is 94.7 Å². The number of carbonyl (C=O) groups is 1. The fourth-order valence-electron chi connectivity index (χ4n) is 4.07. The number of fused-ring (bicyclic) bond motifs is 1. The van der Waals surface area contributed by atoms with Crippen molar-refractivity contribution >= 4 is 40.7 Å². The van der Waals surface area contributed by atoms with Crippen LogP contribution in [-0.2, 0) is 11.5 Å². The van der Waals surface area contributed by atoms with Crippen molar-refractivity contribution in [2.75, 3.05) is 6.61 Å². The largest absolute Gasteiger partial charge is 0.361 e. The normalized spacial score (nSPS) is 11.8. The monoisotopic (exact) mass is 519 g/mol. The first-order valence-corrected chi connectivity index (χ1v) is 15.8. The summed E-state index contributed by atoms with van der Waals surface area (Å²) in [4.78, 5) is 11.8. The molecule has 0 saturated heterocycles. The molecule has 3 aromatic carbocycles. The molecular formula is C28H30BrNO2Si. The van der Waals surface area contributed by atoms with Crippen LogP contribution in [-0.4, -0.2) is 25.0 Å². The van der Waals surface area contributed by atoms with Crippen LogP contribution in [0.3, 0.4) is 0 Å². The highest BCUT2D eigenvalue weighted by molar-refractivity contribution is 9.10. The first kappa shape index (κ1) is 23.7. The third kappa shape index (κ3) is 5.21. The summed E-state index contributed by atoms with van der Waals surface area (Å²) in [5.74, 6) is 0.0748. The average Bonchev–Trinajstić information content (AvgIpc) is 3.10. The molecule has 0 spiro atoms. The van der Waals surface area contributed by atoms with E-state index in [0.717, 1.165) is 50.6 Å². The molecule has 33 heavy (non-hydrogen) atoms. The molecule has 0 fully saturated rings. The lowest BCUT2D eigenvalue weighted by molar-refractivity contribution is 0.0913. The Morgan fingerprint density at radius 2 is 1.61 bits per heavy atom. The van der Waals surface area contributed by atoms with Crippen LogP contribution < -0.4 is 0 Å². The second-order valence-electron chi connectivity index (χ2n) is 9.63. The second kappa shape index (κ2) is 9.80. The molecule has 0 atom stereocenters. The van der Waals surface area contributed by atoms with Crippen molar-refractivity contribution in [3.05, 3.63) is 82.8 Å². The van der Waals surface area contributed by atoms with Gasteiger partial charge in [0.15, 0.2) is 5.78 Å². The number of halogens is 1. The van der Waals surface area contributed by atoms with Crippen molar-refractivity contribution in [3.8, 4) is 22.4 Å². The van der Waals surface area contributed by atoms with E-state index in [0.29, 0.717) is 6.73 Å². The number of aromatic nitrogens is 1. The highest BCUT2D eigenvalue weighted by Gasteiger charge is 2.22. The number of nitrogens with zero attached hydrogens (tertiary/aromatic N) is 1. The number of ether oxygens (including phenoxy) is 1. The maximum atomic E-state index is 11.8. The molecule has 0 unspecified atom stereocenters. The molecule has 4 rings (SSSR count). The number of hydrogen-bond donors (Lipinski definition) is 0. The molecule has 0 radical (unpaired) electrons. The smallest absolute Gasteiger partial charge is 0.159 e. The molecule has 0 amide bonds. The molecular weight excluding hydrogens is 490 g/mol. The zero-order chi connectivity index (χ0) is 23.6. The third-order valence-electron chi connectivity index (χ3n) is 5.90. The summed E-state index contributed by atoms with van der Waals surface area (Å²) in [6.45, 7) is 9.98. The lowest BCUT2D eigenvalue weighted by atomic mass is 9.97. The standard InChI is InChI=1S/C28H30BrNO2Si/c1-20(31)21-13-15-22(16-14-21)27-24-10-6-8-12-26(24)30(19-32-17-18-33(2,3)4)28(27)23-9-5-7-11-25(23)29/h5-16H,17-19H2,1-4H3. The van der Waals surface area contributed by atoms with E-state index in [1.165, 1.54) is 5.39 Å². The zero-order valence-corrected chi connectivity index (χ0v) is 22.3. The fraction of sp³-hybridized carbons (Fsp3) is 0.250. The molecule has 170 valence electrons. The zero-order valence-electron chi connectivity index (χ0n) is 19.7. The summed E-state index contributed by atoms with van der Waals surface area (Å²) in [6.07, 6.45) is 0. The Balaban J connectivity index is 1.90. The first-order valence-electron chi connectivity index (χ1n) is 11.3. The van der Waals surface area contributed by atoms with Crippen molar-refractivity contribution in [1.82, 2.24) is 4.57 Å². The number of benzene rings is 3. The topological polar surface area (TPSA) is 31.2 Å². The van der Waals surface area contributed by atoms with Crippen molar-refractivity contribution in [2.45, 2.75) is 39.3 Å². The predicted molar refractivity (Wildman–Crippen MR) is 145 cm³/mol. The van der Waals surface area contributed by atoms with Crippen LogP contribution in [0.1, 0.15) is 17.3 Å². The Hall–Kier alpha value is -2.47. The van der Waals surface area contributed by atoms with Gasteiger partial charge in [0, 0.05) is 41.2 Å². The van der Waals surface area contributed by atoms with Crippen molar-refractivity contribution < 1.29 is 9.53 Å². The van der Waals surface area contributed by atoms with Crippen LogP contribution in [0.2, 0.25) is 25.7 Å². The van der Waals surface area contributed by atoms with Gasteiger partial charge in [-0.25, -0.2) is 0 Å². The molecule has 1 aromatic heterocycles. The van der Waals surface area contributed by atoms with Gasteiger partial charge in [0.25, 0.3) is 0 Å². The predicted octanol–water partition coefficient (Wildman–Crippen LogP) is 8.25. The van der Waals surface area contributed by atoms with Crippen LogP contribution in [0.4, 0.5) is 0 Å². The lowest BCUT2D eigenvalue weighted by Gasteiger charge is -2.18. The third-order valence-corrected chi connectivity index (χ3v) is 8.29. The van der Waals surface area contributed by atoms with Gasteiger partial charge in [-0.2, -0.15) is 0 Å². The van der Waals surface area contributed by atoms with E-state index in [4.69, 9.17) is 4.74 Å². The molecule has 0 aliphatic rings. The van der Waals surface area contributed by atoms with E-state index < -0.39 is 8.07 Å². The number of carbonyl (C=O) groups excluding carboxylic acids is 1. The van der Waals surface area contributed by atoms with Gasteiger partial charge in [-0.05, 0) is 30.7 Å². The van der Waals surface area contributed by atoms with E-state index in [9.17, 15) is 4.79 Å². The Kier molecular flexibility index (Phi) is 7.03. The molecule has 5 heteroatoms. The van der Waals surface area contributed by atoms with Gasteiger partial charge in [-0.15, -0.1) is 0 Å². The molecule has 0 saturated carbocycles. The van der Waals surface area contributed by atoms with E-state index in [-0.39, 0.29) is 5.78 Å². The first-order chi connectivity index (χ1) is 15.8. The van der Waals surface area contributed by atoms with Crippen LogP contribution >= 0.6 is 15.9 Å². The van der Waals surface area contributed by atoms with Crippen LogP contribution in [0.5, 0.6) is 0 Å². The Bertz CT molecular complexity index is 1290. The molecule has 4 aromatic rings. The number of hydrogen-bond acceptors (Lipinski definition) is 2. The molecule has 0 aliphatic carbocycles. The van der Waals surface area contributed by atoms with Crippen molar-refractivity contribution in [2.24, 2.45) is 0 Å². The summed E-state index contributed by atoms with van der Waals surface area (Å²) in [7, 11) is -1.17. The molecule has 3 nitrogen and oxygen atoms in total. The van der Waals surface area contributed by atoms with E-state index in [1.807, 2.05) is 18.2 Å². The quantitative estimate of drug-likeness (QED) is 0.133. The Morgan fingerprint density at radius 3 is 2.27 bits per heavy atom. The van der Waals surface area contributed by atoms with Crippen molar-refractivity contribution in [3.63, 3.8) is 0 Å². The molecule has 0 aliphatic heterocycles. The van der Waals surface area contributed by atoms with Gasteiger partial charge in [-0.1, -0.05) is 96.2 Å². The van der Waals surface area contributed by atoms with Gasteiger partial charge >= 0.3 is 0 Å². The minimum absolute atomic E-state index is 0.0748. The maximum absolute atomic E-state index is 11.8. The number of ketones is 1. The minimum atomic E-state index is -1.17. The van der Waals surface area contributed by atoms with Gasteiger partial charge in [-0.3, -0.25) is 4.79 Å². The van der Waals surface area contributed by atoms with Crippen LogP contribution in [0.25, 0.3) is 33.3 Å². The number of rotatable bonds is 8. The van der Waals surface area contributed by atoms with Gasteiger partial charge in [0.1, 0.15) is 6.73 Å². The Morgan fingerprint density at radius 1 is 0.939 bits per heavy atom. The lowest BCUT2D eigenvalue weighted by Crippen LogP contribution is -2.22. The van der Waals surface area contributed by atoms with Crippen LogP contribution in [0.15, 0.2) is 77.3 Å². The van der Waals surface area contributed by atoms with E-state index >= 15 is 0 Å². The number of Topliss-reactive ketones (excluding diaryl/α,β-unsaturated/α-hetero) is 1. The second-order valence-corrected chi connectivity index (χ2v) is 16.1. The SMILES string of the molecule is CC(=O)c1ccc(-c2c(-c3ccccc3Br)n(COCC[Si](C)(C)C)c3ccccc23)cc1. The average molecular weight is 521 g/mol. The molecule has 1 heterocycles. The van der Waals surface area contributed by atoms with Gasteiger partial charge < -0.3 is 9.30 Å². The maximum Gasteiger partial charge on any atom is 0.159 e. The highest BCUT2D eigenvalue weighted by atomic mass is 79.9. The molecule has 0 N–H and O–H groups in total. The summed E-state index contributed by atoms with van der Waals surface area (Å²) in [5, 5.41) is 1.17. The summed E-state index contributed by atoms with van der Waals surface area (Å²) in [6, 6.07) is 25.9. The molecule has 0 bridgehead atoms. The fourth-order valence-corrected chi connectivity index (χ4v) is 5.30. The van der Waals surface area contributed by atoms with E-state index in [1.54, 1.807) is 6.92 Å². The summed E-state index contributed by atoms with van der Waals surface area (Å²) < 4.78 is 9.57.